The molecule has 0 bridgehead atoms. The molecule has 0 aromatic rings. The summed E-state index contributed by atoms with van der Waals surface area (Å²) in [5.41, 5.74) is -4.24. The summed E-state index contributed by atoms with van der Waals surface area (Å²) < 4.78 is 51.4. The lowest BCUT2D eigenvalue weighted by atomic mass is 9.74. The molecule has 0 radical (unpaired) electrons. The van der Waals surface area contributed by atoms with Crippen LogP contribution in [-0.4, -0.2) is 163 Å². The smallest absolute Gasteiger partial charge is 0.311 e. The highest BCUT2D eigenvalue weighted by molar-refractivity contribution is 5.83. The maximum absolute atomic E-state index is 14.3. The molecule has 4 N–H and O–H groups in total. The standard InChI is InChI=1S/C42H77NO14/c1-15-30-42(10,49)35(46)25(4)32(45)23(2)21-41(9,51-14)37(57-39-34(52-19-17-16-18-44)29(43(11)12)20-24(3)53-39)26(5)33(27(6)38(48)55-30)56-31-22-40(8,50-13)36(47)28(7)54-31/h23-31,33-37,39,44,46-47,49H,15-22H2,1-14H3/t23-,24-,25+,26+,27-,28+,29+,30-,31+,33+,34-,35-,36+,37-,39+,40-,41+,42-/m1/s1. The summed E-state index contributed by atoms with van der Waals surface area (Å²) in [7, 11) is 7.01. The van der Waals surface area contributed by atoms with Crippen molar-refractivity contribution in [2.24, 2.45) is 23.7 Å². The van der Waals surface area contributed by atoms with Gasteiger partial charge in [0.15, 0.2) is 12.6 Å². The molecule has 0 aromatic heterocycles. The van der Waals surface area contributed by atoms with E-state index in [1.807, 2.05) is 34.9 Å². The van der Waals surface area contributed by atoms with E-state index < -0.39 is 102 Å². The van der Waals surface area contributed by atoms with Crippen LogP contribution in [0.3, 0.4) is 0 Å². The maximum atomic E-state index is 14.3. The molecule has 3 aliphatic heterocycles. The lowest BCUT2D eigenvalue weighted by molar-refractivity contribution is -0.322. The summed E-state index contributed by atoms with van der Waals surface area (Å²) in [5, 5.41) is 43.7. The van der Waals surface area contributed by atoms with E-state index in [0.717, 1.165) is 0 Å². The Morgan fingerprint density at radius 2 is 1.47 bits per heavy atom. The third-order valence-electron chi connectivity index (χ3n) is 13.1. The summed E-state index contributed by atoms with van der Waals surface area (Å²) >= 11 is 0. The van der Waals surface area contributed by atoms with Gasteiger partial charge in [0.1, 0.15) is 29.7 Å². The summed E-state index contributed by atoms with van der Waals surface area (Å²) in [6.45, 7) is 17.7. The van der Waals surface area contributed by atoms with E-state index in [1.54, 1.807) is 48.7 Å². The van der Waals surface area contributed by atoms with Crippen LogP contribution in [-0.2, 0) is 47.5 Å². The molecule has 15 heteroatoms. The zero-order valence-corrected chi connectivity index (χ0v) is 37.1. The van der Waals surface area contributed by atoms with E-state index in [-0.39, 0.29) is 43.8 Å². The highest BCUT2D eigenvalue weighted by Gasteiger charge is 2.54. The molecule has 0 amide bonds. The fraction of sp³-hybridized carbons (Fsp3) is 0.952. The predicted molar refractivity (Wildman–Crippen MR) is 211 cm³/mol. The van der Waals surface area contributed by atoms with Crippen molar-refractivity contribution in [1.29, 1.82) is 0 Å². The van der Waals surface area contributed by atoms with Gasteiger partial charge in [-0.25, -0.2) is 0 Å². The van der Waals surface area contributed by atoms with Gasteiger partial charge in [-0.3, -0.25) is 9.59 Å². The van der Waals surface area contributed by atoms with Crippen LogP contribution in [0.15, 0.2) is 0 Å². The first-order valence-electron chi connectivity index (χ1n) is 21.0. The van der Waals surface area contributed by atoms with Crippen molar-refractivity contribution in [3.05, 3.63) is 0 Å². The number of likely N-dealkylation sites (N-methyl/N-ethyl adjacent to an activating group) is 1. The van der Waals surface area contributed by atoms with E-state index in [0.29, 0.717) is 25.9 Å². The monoisotopic (exact) mass is 820 g/mol. The lowest BCUT2D eigenvalue weighted by Crippen LogP contribution is -2.62. The minimum atomic E-state index is -1.97. The zero-order chi connectivity index (χ0) is 43.2. The SMILES string of the molecule is CC[C@H]1OC(=O)[C@H](C)[C@@H](O[C@H]2C[C@@](C)(OC)[C@@H](O)[C@H](C)O2)[C@H](C)[C@@H](O[C@@H]2O[C@H](C)C[C@H](N(C)C)[C@H]2OCCCCO)[C@@](C)(OC)C[C@@H](C)C(=O)[C@H](C)[C@@H](O)[C@]1(C)O. The molecule has 3 saturated heterocycles. The molecule has 0 aromatic carbocycles. The van der Waals surface area contributed by atoms with E-state index in [2.05, 4.69) is 4.90 Å². The first-order chi connectivity index (χ1) is 26.5. The Bertz CT molecular complexity index is 1270. The Labute approximate surface area is 341 Å². The van der Waals surface area contributed by atoms with Crippen molar-refractivity contribution in [3.63, 3.8) is 0 Å². The third kappa shape index (κ3) is 11.5. The van der Waals surface area contributed by atoms with E-state index in [4.69, 9.17) is 37.9 Å². The third-order valence-corrected chi connectivity index (χ3v) is 13.1. The Kier molecular flexibility index (Phi) is 18.4. The number of ketones is 1. The van der Waals surface area contributed by atoms with Gasteiger partial charge in [0.05, 0.1) is 47.6 Å². The topological polar surface area (TPSA) is 192 Å². The number of esters is 1. The van der Waals surface area contributed by atoms with Crippen molar-refractivity contribution >= 4 is 11.8 Å². The number of hydrogen-bond donors (Lipinski definition) is 4. The number of aliphatic hydroxyl groups is 4. The van der Waals surface area contributed by atoms with Gasteiger partial charge in [-0.15, -0.1) is 0 Å². The number of nitrogens with zero attached hydrogens (tertiary/aromatic N) is 1. The van der Waals surface area contributed by atoms with E-state index >= 15 is 0 Å². The first-order valence-corrected chi connectivity index (χ1v) is 21.0. The fourth-order valence-corrected chi connectivity index (χ4v) is 9.18. The van der Waals surface area contributed by atoms with Gasteiger partial charge in [0, 0.05) is 57.6 Å². The summed E-state index contributed by atoms with van der Waals surface area (Å²) in [6.07, 6.45) is -6.64. The minimum absolute atomic E-state index is 0.0431. The normalized spacial score (nSPS) is 45.8. The minimum Gasteiger partial charge on any atom is -0.459 e. The number of carbonyl (C=O) groups is 2. The van der Waals surface area contributed by atoms with Gasteiger partial charge < -0.3 is 63.2 Å². The Balaban J connectivity index is 2.25. The largest absolute Gasteiger partial charge is 0.459 e. The zero-order valence-electron chi connectivity index (χ0n) is 37.1. The van der Waals surface area contributed by atoms with Crippen LogP contribution in [0.5, 0.6) is 0 Å². The number of Topliss-reactive ketones (excluding diaryl/α,β-unsaturated/α-hetero) is 1. The molecule has 0 unspecified atom stereocenters. The molecule has 0 saturated carbocycles. The highest BCUT2D eigenvalue weighted by atomic mass is 16.7. The summed E-state index contributed by atoms with van der Waals surface area (Å²) in [4.78, 5) is 30.6. The van der Waals surface area contributed by atoms with Crippen LogP contribution in [0.25, 0.3) is 0 Å². The van der Waals surface area contributed by atoms with Crippen LogP contribution in [0, 0.1) is 23.7 Å². The molecule has 3 aliphatic rings. The summed E-state index contributed by atoms with van der Waals surface area (Å²) in [5.74, 6) is -4.41. The van der Waals surface area contributed by atoms with Gasteiger partial charge in [-0.05, 0) is 87.7 Å². The molecule has 0 aliphatic carbocycles. The number of hydrogen-bond acceptors (Lipinski definition) is 15. The van der Waals surface area contributed by atoms with Crippen LogP contribution in [0.1, 0.15) is 108 Å². The van der Waals surface area contributed by atoms with Crippen molar-refractivity contribution in [2.45, 2.75) is 192 Å². The maximum Gasteiger partial charge on any atom is 0.311 e. The van der Waals surface area contributed by atoms with Crippen molar-refractivity contribution < 1.29 is 67.9 Å². The second kappa shape index (κ2) is 21.0. The van der Waals surface area contributed by atoms with Crippen LogP contribution in [0.4, 0.5) is 0 Å². The number of aliphatic hydroxyl groups excluding tert-OH is 3. The Hall–Kier alpha value is -1.34. The number of ether oxygens (including phenoxy) is 8. The van der Waals surface area contributed by atoms with Gasteiger partial charge in [-0.1, -0.05) is 27.7 Å². The Morgan fingerprint density at radius 3 is 2.04 bits per heavy atom. The number of cyclic esters (lactones) is 1. The van der Waals surface area contributed by atoms with Gasteiger partial charge >= 0.3 is 5.97 Å². The van der Waals surface area contributed by atoms with Crippen molar-refractivity contribution in [3.8, 4) is 0 Å². The molecule has 3 rings (SSSR count). The molecule has 57 heavy (non-hydrogen) atoms. The number of rotatable bonds is 13. The molecule has 15 nitrogen and oxygen atoms in total. The van der Waals surface area contributed by atoms with E-state index in [1.165, 1.54) is 14.0 Å². The summed E-state index contributed by atoms with van der Waals surface area (Å²) in [6, 6.07) is -0.103. The predicted octanol–water partition coefficient (Wildman–Crippen LogP) is 3.24. The molecular weight excluding hydrogens is 742 g/mol. The fourth-order valence-electron chi connectivity index (χ4n) is 9.18. The second-order valence-corrected chi connectivity index (χ2v) is 17.9. The quantitative estimate of drug-likeness (QED) is 0.156. The lowest BCUT2D eigenvalue weighted by Gasteiger charge is -2.50. The molecule has 18 atom stereocenters. The Morgan fingerprint density at radius 1 is 0.842 bits per heavy atom. The molecule has 3 heterocycles. The molecule has 0 spiro atoms. The first kappa shape index (κ1) is 50.0. The van der Waals surface area contributed by atoms with Gasteiger partial charge in [0.25, 0.3) is 0 Å². The molecular formula is C42H77NO14. The number of carbonyl (C=O) groups excluding carboxylic acids is 2. The molecule has 334 valence electrons. The second-order valence-electron chi connectivity index (χ2n) is 17.9. The number of unbranched alkanes of at least 4 members (excludes halogenated alkanes) is 1. The van der Waals surface area contributed by atoms with Crippen LogP contribution >= 0.6 is 0 Å². The van der Waals surface area contributed by atoms with Gasteiger partial charge in [-0.2, -0.15) is 0 Å². The van der Waals surface area contributed by atoms with E-state index in [9.17, 15) is 30.0 Å². The average molecular weight is 820 g/mol. The van der Waals surface area contributed by atoms with Crippen molar-refractivity contribution in [2.75, 3.05) is 41.5 Å². The van der Waals surface area contributed by atoms with Crippen molar-refractivity contribution in [1.82, 2.24) is 4.90 Å². The van der Waals surface area contributed by atoms with Crippen LogP contribution in [0.2, 0.25) is 0 Å². The van der Waals surface area contributed by atoms with Crippen LogP contribution < -0.4 is 0 Å². The van der Waals surface area contributed by atoms with Gasteiger partial charge in [0.2, 0.25) is 0 Å². The highest BCUT2D eigenvalue weighted by Crippen LogP contribution is 2.42. The average Bonchev–Trinajstić information content (AvgIpc) is 3.16. The molecule has 3 fully saturated rings. The number of methoxy groups -OCH3 is 2.